The first-order chi connectivity index (χ1) is 7.84. The molecule has 0 rings (SSSR count). The van der Waals surface area contributed by atoms with Crippen molar-refractivity contribution >= 4 is 17.7 Å². The van der Waals surface area contributed by atoms with Crippen LogP contribution in [0.2, 0.25) is 0 Å². The van der Waals surface area contributed by atoms with Gasteiger partial charge in [-0.05, 0) is 0 Å². The van der Waals surface area contributed by atoms with Crippen molar-refractivity contribution in [2.45, 2.75) is 19.3 Å². The molecule has 0 aromatic rings. The first-order valence-electron chi connectivity index (χ1n) is 5.02. The molecule has 0 fully saturated rings. The number of hydrogen-bond donors (Lipinski definition) is 3. The number of amides is 3. The minimum absolute atomic E-state index is 0.0212. The van der Waals surface area contributed by atoms with Gasteiger partial charge in [-0.3, -0.25) is 24.8 Å². The molecule has 0 aliphatic carbocycles. The van der Waals surface area contributed by atoms with E-state index < -0.39 is 17.7 Å². The van der Waals surface area contributed by atoms with Crippen molar-refractivity contribution in [3.05, 3.63) is 0 Å². The highest BCUT2D eigenvalue weighted by molar-refractivity contribution is 5.83. The molecule has 0 saturated carbocycles. The molecule has 8 heteroatoms. The van der Waals surface area contributed by atoms with E-state index in [1.54, 1.807) is 0 Å². The molecule has 0 aromatic carbocycles. The van der Waals surface area contributed by atoms with E-state index in [1.807, 2.05) is 0 Å². The third kappa shape index (κ3) is 7.25. The van der Waals surface area contributed by atoms with E-state index in [-0.39, 0.29) is 25.8 Å². The molecule has 3 amide bonds. The molecule has 0 aliphatic rings. The highest BCUT2D eigenvalue weighted by atomic mass is 16.5. The van der Waals surface area contributed by atoms with Gasteiger partial charge in [-0.1, -0.05) is 0 Å². The van der Waals surface area contributed by atoms with Crippen LogP contribution in [0, 0.1) is 0 Å². The molecule has 0 atom stereocenters. The maximum atomic E-state index is 11.2. The predicted octanol–water partition coefficient (Wildman–Crippen LogP) is -1.03. The Kier molecular flexibility index (Phi) is 6.83. The minimum Gasteiger partial charge on any atom is -0.356 e. The van der Waals surface area contributed by atoms with Crippen LogP contribution in [0.4, 0.5) is 0 Å². The molecule has 0 unspecified atom stereocenters. The second kappa shape index (κ2) is 7.58. The molecule has 8 nitrogen and oxygen atoms in total. The van der Waals surface area contributed by atoms with Gasteiger partial charge >= 0.3 is 0 Å². The van der Waals surface area contributed by atoms with Gasteiger partial charge in [0.05, 0.1) is 0 Å². The summed E-state index contributed by atoms with van der Waals surface area (Å²) in [7, 11) is 2.37. The maximum Gasteiger partial charge on any atom is 0.247 e. The van der Waals surface area contributed by atoms with E-state index in [0.717, 1.165) is 0 Å². The zero-order chi connectivity index (χ0) is 13.4. The third-order valence-electron chi connectivity index (χ3n) is 1.95. The van der Waals surface area contributed by atoms with E-state index in [2.05, 4.69) is 5.32 Å². The standard InChI is InChI=1S/C9H17N3O5/c1-11(16)8(14)4-3-7(13)10-6-5-9(15)12(2)17/h16-17H,3-6H2,1-2H3,(H,10,13). The molecule has 17 heavy (non-hydrogen) atoms. The van der Waals surface area contributed by atoms with Crippen LogP contribution >= 0.6 is 0 Å². The molecule has 0 spiro atoms. The average Bonchev–Trinajstić information content (AvgIpc) is 2.25. The van der Waals surface area contributed by atoms with Crippen molar-refractivity contribution in [2.75, 3.05) is 20.6 Å². The zero-order valence-corrected chi connectivity index (χ0v) is 9.84. The fourth-order valence-electron chi connectivity index (χ4n) is 0.941. The number of nitrogens with zero attached hydrogens (tertiary/aromatic N) is 2. The van der Waals surface area contributed by atoms with Crippen molar-refractivity contribution in [3.8, 4) is 0 Å². The molecule has 0 aliphatic heterocycles. The minimum atomic E-state index is -0.564. The fourth-order valence-corrected chi connectivity index (χ4v) is 0.941. The highest BCUT2D eigenvalue weighted by Gasteiger charge is 2.10. The van der Waals surface area contributed by atoms with Gasteiger partial charge in [-0.2, -0.15) is 0 Å². The van der Waals surface area contributed by atoms with Gasteiger partial charge in [-0.15, -0.1) is 0 Å². The van der Waals surface area contributed by atoms with Crippen molar-refractivity contribution in [1.82, 2.24) is 15.4 Å². The molecule has 0 saturated heterocycles. The van der Waals surface area contributed by atoms with Gasteiger partial charge < -0.3 is 5.32 Å². The smallest absolute Gasteiger partial charge is 0.247 e. The third-order valence-corrected chi connectivity index (χ3v) is 1.95. The van der Waals surface area contributed by atoms with Crippen LogP contribution in [0.3, 0.4) is 0 Å². The first kappa shape index (κ1) is 15.3. The summed E-state index contributed by atoms with van der Waals surface area (Å²) in [5.41, 5.74) is 0. The number of carbonyl (C=O) groups excluding carboxylic acids is 3. The summed E-state index contributed by atoms with van der Waals surface area (Å²) < 4.78 is 0. The maximum absolute atomic E-state index is 11.2. The zero-order valence-electron chi connectivity index (χ0n) is 9.84. The van der Waals surface area contributed by atoms with Crippen LogP contribution in [0.15, 0.2) is 0 Å². The monoisotopic (exact) mass is 247 g/mol. The first-order valence-corrected chi connectivity index (χ1v) is 5.02. The lowest BCUT2D eigenvalue weighted by molar-refractivity contribution is -0.160. The van der Waals surface area contributed by atoms with Crippen LogP contribution in [0.1, 0.15) is 19.3 Å². The van der Waals surface area contributed by atoms with Crippen LogP contribution in [-0.2, 0) is 14.4 Å². The Labute approximate surface area is 98.7 Å². The lowest BCUT2D eigenvalue weighted by atomic mass is 10.2. The molecular formula is C9H17N3O5. The van der Waals surface area contributed by atoms with Crippen molar-refractivity contribution in [3.63, 3.8) is 0 Å². The van der Waals surface area contributed by atoms with Gasteiger partial charge in [0.25, 0.3) is 0 Å². The normalized spacial score (nSPS) is 9.65. The second-order valence-corrected chi connectivity index (χ2v) is 3.43. The van der Waals surface area contributed by atoms with E-state index in [9.17, 15) is 14.4 Å². The molecule has 0 radical (unpaired) electrons. The number of rotatable bonds is 6. The summed E-state index contributed by atoms with van der Waals surface area (Å²) in [5, 5.41) is 20.7. The van der Waals surface area contributed by atoms with Crippen molar-refractivity contribution < 1.29 is 24.8 Å². The van der Waals surface area contributed by atoms with Crippen LogP contribution in [0.5, 0.6) is 0 Å². The van der Waals surface area contributed by atoms with E-state index >= 15 is 0 Å². The second-order valence-electron chi connectivity index (χ2n) is 3.43. The SMILES string of the molecule is CN(O)C(=O)CCNC(=O)CCC(=O)N(C)O. The van der Waals surface area contributed by atoms with Crippen LogP contribution in [0.25, 0.3) is 0 Å². The summed E-state index contributed by atoms with van der Waals surface area (Å²) in [6.45, 7) is 0.0890. The predicted molar refractivity (Wildman–Crippen MR) is 56.0 cm³/mol. The molecular weight excluding hydrogens is 230 g/mol. The summed E-state index contributed by atoms with van der Waals surface area (Å²) in [5.74, 6) is -1.48. The Bertz CT molecular complexity index is 290. The topological polar surface area (TPSA) is 110 Å². The summed E-state index contributed by atoms with van der Waals surface area (Å²) in [6.07, 6.45) is -0.188. The number of nitrogens with one attached hydrogen (secondary N) is 1. The Hall–Kier alpha value is -1.67. The Morgan fingerprint density at radius 3 is 1.88 bits per heavy atom. The summed E-state index contributed by atoms with van der Waals surface area (Å²) >= 11 is 0. The molecule has 0 bridgehead atoms. The lowest BCUT2D eigenvalue weighted by Gasteiger charge is -2.09. The molecule has 0 heterocycles. The Morgan fingerprint density at radius 2 is 1.41 bits per heavy atom. The molecule has 3 N–H and O–H groups in total. The molecule has 98 valence electrons. The molecule has 0 aromatic heterocycles. The Balaban J connectivity index is 3.67. The van der Waals surface area contributed by atoms with Gasteiger partial charge in [0, 0.05) is 39.9 Å². The summed E-state index contributed by atoms with van der Waals surface area (Å²) in [6, 6.07) is 0. The van der Waals surface area contributed by atoms with Crippen molar-refractivity contribution in [2.24, 2.45) is 0 Å². The van der Waals surface area contributed by atoms with Gasteiger partial charge in [-0.25, -0.2) is 10.1 Å². The number of hydroxylamine groups is 4. The lowest BCUT2D eigenvalue weighted by Crippen LogP contribution is -2.31. The van der Waals surface area contributed by atoms with Gasteiger partial charge in [0.15, 0.2) is 0 Å². The quantitative estimate of drug-likeness (QED) is 0.410. The van der Waals surface area contributed by atoms with E-state index in [1.165, 1.54) is 14.1 Å². The largest absolute Gasteiger partial charge is 0.356 e. The van der Waals surface area contributed by atoms with E-state index in [0.29, 0.717) is 10.1 Å². The average molecular weight is 247 g/mol. The number of hydrogen-bond acceptors (Lipinski definition) is 5. The Morgan fingerprint density at radius 1 is 0.941 bits per heavy atom. The van der Waals surface area contributed by atoms with Crippen molar-refractivity contribution in [1.29, 1.82) is 0 Å². The van der Waals surface area contributed by atoms with Crippen LogP contribution < -0.4 is 5.32 Å². The van der Waals surface area contributed by atoms with Gasteiger partial charge in [0.1, 0.15) is 0 Å². The van der Waals surface area contributed by atoms with E-state index in [4.69, 9.17) is 10.4 Å². The van der Waals surface area contributed by atoms with Crippen LogP contribution in [-0.4, -0.2) is 58.9 Å². The fraction of sp³-hybridized carbons (Fsp3) is 0.667. The number of carbonyl (C=O) groups is 3. The summed E-state index contributed by atoms with van der Waals surface area (Å²) in [4.78, 5) is 33.0. The van der Waals surface area contributed by atoms with Gasteiger partial charge in [0.2, 0.25) is 17.7 Å². The highest BCUT2D eigenvalue weighted by Crippen LogP contribution is 1.93.